The molecule has 1 saturated carbocycles. The highest BCUT2D eigenvalue weighted by Crippen LogP contribution is 2.33. The molecule has 1 aromatic carbocycles. The summed E-state index contributed by atoms with van der Waals surface area (Å²) in [7, 11) is 1.61. The van der Waals surface area contributed by atoms with Crippen molar-refractivity contribution in [2.45, 2.75) is 83.5 Å². The van der Waals surface area contributed by atoms with Crippen molar-refractivity contribution in [1.82, 2.24) is 19.5 Å². The Hall–Kier alpha value is -3.07. The van der Waals surface area contributed by atoms with E-state index in [2.05, 4.69) is 15.2 Å². The number of aromatic nitrogens is 4. The number of nitrogens with one attached hydrogen (secondary N) is 2. The summed E-state index contributed by atoms with van der Waals surface area (Å²) in [5, 5.41) is 17.0. The molecule has 2 heterocycles. The lowest BCUT2D eigenvalue weighted by atomic mass is 9.95. The van der Waals surface area contributed by atoms with Gasteiger partial charge in [0.2, 0.25) is 5.95 Å². The topological polar surface area (TPSA) is 123 Å². The molecule has 5 N–H and O–H groups in total. The average molecular weight is 468 g/mol. The molecule has 0 amide bonds. The minimum Gasteiger partial charge on any atom is -0.495 e. The Bertz CT molecular complexity index is 1120. The minimum absolute atomic E-state index is 0.00891. The highest BCUT2D eigenvalue weighted by molar-refractivity contribution is 5.84. The molecule has 9 heteroatoms. The van der Waals surface area contributed by atoms with Crippen molar-refractivity contribution in [3.8, 4) is 5.75 Å². The first kappa shape index (κ1) is 24.1. The van der Waals surface area contributed by atoms with E-state index >= 15 is 0 Å². The standard InChI is InChI=1S/C25H37N7O2/c1-16(13-25(2,3)33)29-24-30-22(27-14-17-9-8-12-19(34-4)20(17)26)21-23(31-24)32(15-28-21)18-10-6-5-7-11-18/h8-9,12,15-16,18,33H,5-7,10-11,13-14,26H2,1-4H3,(H2,27,29,30,31). The molecule has 0 spiro atoms. The lowest BCUT2D eigenvalue weighted by Crippen LogP contribution is -2.29. The molecular weight excluding hydrogens is 430 g/mol. The first-order valence-electron chi connectivity index (χ1n) is 12.1. The normalized spacial score (nSPS) is 15.9. The predicted molar refractivity (Wildman–Crippen MR) is 136 cm³/mol. The fourth-order valence-electron chi connectivity index (χ4n) is 4.85. The second kappa shape index (κ2) is 10.0. The third-order valence-corrected chi connectivity index (χ3v) is 6.39. The Kier molecular flexibility index (Phi) is 7.11. The van der Waals surface area contributed by atoms with E-state index in [-0.39, 0.29) is 6.04 Å². The van der Waals surface area contributed by atoms with Crippen LogP contribution in [0.2, 0.25) is 0 Å². The third-order valence-electron chi connectivity index (χ3n) is 6.39. The number of ether oxygens (including phenoxy) is 1. The van der Waals surface area contributed by atoms with E-state index in [4.69, 9.17) is 25.4 Å². The molecule has 34 heavy (non-hydrogen) atoms. The van der Waals surface area contributed by atoms with E-state index in [1.165, 1.54) is 19.3 Å². The number of imidazole rings is 1. The van der Waals surface area contributed by atoms with Gasteiger partial charge in [-0.25, -0.2) is 4.98 Å². The number of nitrogen functional groups attached to an aromatic ring is 1. The number of rotatable bonds is 9. The van der Waals surface area contributed by atoms with Crippen molar-refractivity contribution in [3.63, 3.8) is 0 Å². The van der Waals surface area contributed by atoms with Crippen molar-refractivity contribution in [2.75, 3.05) is 23.5 Å². The van der Waals surface area contributed by atoms with Crippen molar-refractivity contribution < 1.29 is 9.84 Å². The molecule has 0 radical (unpaired) electrons. The zero-order chi connectivity index (χ0) is 24.3. The lowest BCUT2D eigenvalue weighted by Gasteiger charge is -2.24. The molecule has 184 valence electrons. The fraction of sp³-hybridized carbons (Fsp3) is 0.560. The van der Waals surface area contributed by atoms with Crippen LogP contribution in [0.1, 0.15) is 70.9 Å². The molecule has 0 aliphatic heterocycles. The van der Waals surface area contributed by atoms with Crippen LogP contribution in [0, 0.1) is 0 Å². The van der Waals surface area contributed by atoms with Gasteiger partial charge >= 0.3 is 0 Å². The van der Waals surface area contributed by atoms with Gasteiger partial charge in [-0.1, -0.05) is 31.4 Å². The van der Waals surface area contributed by atoms with Crippen molar-refractivity contribution in [3.05, 3.63) is 30.1 Å². The van der Waals surface area contributed by atoms with Gasteiger partial charge in [0.15, 0.2) is 17.0 Å². The predicted octanol–water partition coefficient (Wildman–Crippen LogP) is 4.50. The van der Waals surface area contributed by atoms with Gasteiger partial charge in [-0.3, -0.25) is 0 Å². The summed E-state index contributed by atoms with van der Waals surface area (Å²) in [6.45, 7) is 6.11. The Morgan fingerprint density at radius 2 is 2.00 bits per heavy atom. The van der Waals surface area contributed by atoms with Crippen LogP contribution in [-0.4, -0.2) is 43.4 Å². The van der Waals surface area contributed by atoms with E-state index in [9.17, 15) is 5.11 Å². The second-order valence-electron chi connectivity index (χ2n) is 9.96. The van der Waals surface area contributed by atoms with Gasteiger partial charge in [-0.2, -0.15) is 9.97 Å². The van der Waals surface area contributed by atoms with Gasteiger partial charge < -0.3 is 30.8 Å². The number of methoxy groups -OCH3 is 1. The molecule has 1 aliphatic rings. The zero-order valence-electron chi connectivity index (χ0n) is 20.6. The number of anilines is 3. The molecule has 9 nitrogen and oxygen atoms in total. The van der Waals surface area contributed by atoms with Crippen molar-refractivity contribution >= 4 is 28.6 Å². The summed E-state index contributed by atoms with van der Waals surface area (Å²) in [4.78, 5) is 14.3. The molecule has 4 rings (SSSR count). The first-order valence-corrected chi connectivity index (χ1v) is 12.1. The molecule has 0 bridgehead atoms. The maximum absolute atomic E-state index is 10.2. The van der Waals surface area contributed by atoms with E-state index in [0.29, 0.717) is 42.2 Å². The molecular formula is C25H37N7O2. The highest BCUT2D eigenvalue weighted by atomic mass is 16.5. The first-order chi connectivity index (χ1) is 16.2. The summed E-state index contributed by atoms with van der Waals surface area (Å²) >= 11 is 0. The van der Waals surface area contributed by atoms with Gasteiger partial charge in [0, 0.05) is 18.6 Å². The van der Waals surface area contributed by atoms with Crippen molar-refractivity contribution in [2.24, 2.45) is 0 Å². The number of benzene rings is 1. The van der Waals surface area contributed by atoms with Crippen LogP contribution < -0.4 is 21.1 Å². The Morgan fingerprint density at radius 3 is 2.71 bits per heavy atom. The molecule has 1 fully saturated rings. The van der Waals surface area contributed by atoms with Crippen LogP contribution in [0.25, 0.3) is 11.2 Å². The number of fused-ring (bicyclic) bond motifs is 1. The van der Waals surface area contributed by atoms with Gasteiger partial charge in [0.25, 0.3) is 0 Å². The van der Waals surface area contributed by atoms with Gasteiger partial charge in [0.1, 0.15) is 5.75 Å². The highest BCUT2D eigenvalue weighted by Gasteiger charge is 2.22. The smallest absolute Gasteiger partial charge is 0.226 e. The van der Waals surface area contributed by atoms with Crippen LogP contribution in [0.5, 0.6) is 5.75 Å². The van der Waals surface area contributed by atoms with Crippen LogP contribution >= 0.6 is 0 Å². The number of para-hydroxylation sites is 1. The van der Waals surface area contributed by atoms with E-state index in [0.717, 1.165) is 29.6 Å². The van der Waals surface area contributed by atoms with Crippen LogP contribution in [0.15, 0.2) is 24.5 Å². The number of hydrogen-bond acceptors (Lipinski definition) is 8. The largest absolute Gasteiger partial charge is 0.495 e. The monoisotopic (exact) mass is 467 g/mol. The molecule has 2 aromatic heterocycles. The number of nitrogens with zero attached hydrogens (tertiary/aromatic N) is 4. The number of hydrogen-bond donors (Lipinski definition) is 4. The number of aliphatic hydroxyl groups is 1. The zero-order valence-corrected chi connectivity index (χ0v) is 20.6. The molecule has 3 aromatic rings. The minimum atomic E-state index is -0.786. The van der Waals surface area contributed by atoms with Gasteiger partial charge in [-0.05, 0) is 51.7 Å². The Balaban J connectivity index is 1.66. The molecule has 1 atom stereocenters. The second-order valence-corrected chi connectivity index (χ2v) is 9.96. The SMILES string of the molecule is COc1cccc(CNc2nc(NC(C)CC(C)(C)O)nc3c2ncn3C2CCCCC2)c1N. The summed E-state index contributed by atoms with van der Waals surface area (Å²) in [6.07, 6.45) is 8.47. The fourth-order valence-corrected chi connectivity index (χ4v) is 4.85. The average Bonchev–Trinajstić information content (AvgIpc) is 3.21. The van der Waals surface area contributed by atoms with E-state index in [1.807, 2.05) is 31.5 Å². The quantitative estimate of drug-likeness (QED) is 0.339. The Labute approximate surface area is 201 Å². The molecule has 1 aliphatic carbocycles. The van der Waals surface area contributed by atoms with Crippen LogP contribution in [0.4, 0.5) is 17.5 Å². The maximum Gasteiger partial charge on any atom is 0.226 e. The van der Waals surface area contributed by atoms with Gasteiger partial charge in [-0.15, -0.1) is 0 Å². The number of nitrogens with two attached hydrogens (primary N) is 1. The third kappa shape index (κ3) is 5.52. The Morgan fingerprint density at radius 1 is 1.24 bits per heavy atom. The van der Waals surface area contributed by atoms with Crippen LogP contribution in [-0.2, 0) is 6.54 Å². The molecule has 0 saturated heterocycles. The summed E-state index contributed by atoms with van der Waals surface area (Å²) in [5.41, 5.74) is 8.57. The van der Waals surface area contributed by atoms with E-state index < -0.39 is 5.60 Å². The van der Waals surface area contributed by atoms with Gasteiger partial charge in [0.05, 0.1) is 24.7 Å². The summed E-state index contributed by atoms with van der Waals surface area (Å²) in [5.74, 6) is 1.82. The molecule has 1 unspecified atom stereocenters. The lowest BCUT2D eigenvalue weighted by molar-refractivity contribution is 0.0672. The van der Waals surface area contributed by atoms with Crippen molar-refractivity contribution in [1.29, 1.82) is 0 Å². The summed E-state index contributed by atoms with van der Waals surface area (Å²) in [6, 6.07) is 6.13. The van der Waals surface area contributed by atoms with E-state index in [1.54, 1.807) is 21.0 Å². The van der Waals surface area contributed by atoms with Crippen LogP contribution in [0.3, 0.4) is 0 Å². The maximum atomic E-state index is 10.2. The summed E-state index contributed by atoms with van der Waals surface area (Å²) < 4.78 is 7.56.